The summed E-state index contributed by atoms with van der Waals surface area (Å²) in [5.74, 6) is 0. The summed E-state index contributed by atoms with van der Waals surface area (Å²) in [5, 5.41) is 5.41. The lowest BCUT2D eigenvalue weighted by molar-refractivity contribution is 0.845. The smallest absolute Gasteiger partial charge is 0.277 e. The molecule has 4 aromatic rings. The van der Waals surface area contributed by atoms with Gasteiger partial charge in [-0.2, -0.15) is 9.61 Å². The van der Waals surface area contributed by atoms with Crippen molar-refractivity contribution in [2.45, 2.75) is 25.7 Å². The number of hydrogen-bond donors (Lipinski definition) is 1. The Labute approximate surface area is 161 Å². The average Bonchev–Trinajstić information content (AvgIpc) is 3.29. The Bertz CT molecular complexity index is 1190. The second kappa shape index (κ2) is 6.39. The normalized spacial score (nSPS) is 13.2. The Hall–Kier alpha value is -2.85. The van der Waals surface area contributed by atoms with E-state index in [2.05, 4.69) is 17.1 Å². The van der Waals surface area contributed by atoms with Gasteiger partial charge in [0.05, 0.1) is 5.69 Å². The van der Waals surface area contributed by atoms with Crippen LogP contribution in [0.2, 0.25) is 5.02 Å². The number of rotatable bonds is 3. The maximum Gasteiger partial charge on any atom is 0.277 e. The van der Waals surface area contributed by atoms with Crippen LogP contribution in [0.1, 0.15) is 28.9 Å². The van der Waals surface area contributed by atoms with Crippen molar-refractivity contribution in [3.63, 3.8) is 0 Å². The second-order valence-electron chi connectivity index (χ2n) is 6.99. The minimum Gasteiger partial charge on any atom is -0.343 e. The fourth-order valence-corrected chi connectivity index (χ4v) is 4.07. The molecule has 2 aromatic carbocycles. The SMILES string of the molecule is O=c1c2c([nH]c3c(-c4ccc(Cl)cc4)c(Cc4ccccc4)nn13)CCC2. The minimum atomic E-state index is 0.00535. The van der Waals surface area contributed by atoms with Gasteiger partial charge < -0.3 is 4.98 Å². The van der Waals surface area contributed by atoms with E-state index in [-0.39, 0.29) is 5.56 Å². The summed E-state index contributed by atoms with van der Waals surface area (Å²) in [7, 11) is 0. The van der Waals surface area contributed by atoms with Gasteiger partial charge in [0.15, 0.2) is 0 Å². The van der Waals surface area contributed by atoms with Crippen molar-refractivity contribution in [3.8, 4) is 11.1 Å². The van der Waals surface area contributed by atoms with Gasteiger partial charge in [-0.3, -0.25) is 4.79 Å². The van der Waals surface area contributed by atoms with Gasteiger partial charge in [0.25, 0.3) is 5.56 Å². The van der Waals surface area contributed by atoms with Crippen molar-refractivity contribution in [2.24, 2.45) is 0 Å². The predicted octanol–water partition coefficient (Wildman–Crippen LogP) is 4.42. The molecule has 0 unspecified atom stereocenters. The summed E-state index contributed by atoms with van der Waals surface area (Å²) in [6.07, 6.45) is 3.42. The van der Waals surface area contributed by atoms with E-state index < -0.39 is 0 Å². The molecule has 4 nitrogen and oxygen atoms in total. The molecule has 0 atom stereocenters. The summed E-state index contributed by atoms with van der Waals surface area (Å²) >= 11 is 6.08. The standard InChI is InChI=1S/C22H18ClN3O/c23-16-11-9-15(10-12-16)20-19(13-14-5-2-1-3-6-14)25-26-21(20)24-18-8-4-7-17(18)22(26)27/h1-3,5-6,9-12,24H,4,7-8,13H2. The Morgan fingerprint density at radius 1 is 1.04 bits per heavy atom. The first-order valence-corrected chi connectivity index (χ1v) is 9.54. The van der Waals surface area contributed by atoms with Gasteiger partial charge in [0, 0.05) is 28.3 Å². The first-order valence-electron chi connectivity index (χ1n) is 9.16. The van der Waals surface area contributed by atoms with Crippen LogP contribution in [0.5, 0.6) is 0 Å². The highest BCUT2D eigenvalue weighted by atomic mass is 35.5. The van der Waals surface area contributed by atoms with Gasteiger partial charge in [-0.1, -0.05) is 54.1 Å². The van der Waals surface area contributed by atoms with E-state index in [1.807, 2.05) is 42.5 Å². The van der Waals surface area contributed by atoms with Crippen LogP contribution < -0.4 is 5.56 Å². The van der Waals surface area contributed by atoms with Crippen LogP contribution >= 0.6 is 11.6 Å². The van der Waals surface area contributed by atoms with Crippen molar-refractivity contribution in [2.75, 3.05) is 0 Å². The van der Waals surface area contributed by atoms with Gasteiger partial charge in [-0.15, -0.1) is 0 Å². The molecule has 1 N–H and O–H groups in total. The van der Waals surface area contributed by atoms with Crippen molar-refractivity contribution < 1.29 is 0 Å². The van der Waals surface area contributed by atoms with Gasteiger partial charge in [-0.25, -0.2) is 0 Å². The number of benzene rings is 2. The fourth-order valence-electron chi connectivity index (χ4n) is 3.95. The highest BCUT2D eigenvalue weighted by Gasteiger charge is 2.23. The summed E-state index contributed by atoms with van der Waals surface area (Å²) in [4.78, 5) is 16.5. The van der Waals surface area contributed by atoms with Crippen LogP contribution in [0.4, 0.5) is 0 Å². The number of aromatic amines is 1. The minimum absolute atomic E-state index is 0.00535. The number of H-pyrrole nitrogens is 1. The topological polar surface area (TPSA) is 50.2 Å². The number of aromatic nitrogens is 3. The molecule has 2 aromatic heterocycles. The number of hydrogen-bond acceptors (Lipinski definition) is 2. The molecule has 0 spiro atoms. The van der Waals surface area contributed by atoms with Crippen LogP contribution in [-0.2, 0) is 19.3 Å². The molecule has 2 heterocycles. The molecule has 27 heavy (non-hydrogen) atoms. The molecule has 0 aliphatic heterocycles. The number of nitrogens with one attached hydrogen (secondary N) is 1. The Kier molecular flexibility index (Phi) is 3.87. The molecule has 0 amide bonds. The molecule has 5 heteroatoms. The molecule has 1 aliphatic rings. The Morgan fingerprint density at radius 3 is 2.59 bits per heavy atom. The maximum absolute atomic E-state index is 13.0. The lowest BCUT2D eigenvalue weighted by atomic mass is 10.0. The highest BCUT2D eigenvalue weighted by molar-refractivity contribution is 6.30. The van der Waals surface area contributed by atoms with E-state index in [1.54, 1.807) is 4.52 Å². The van der Waals surface area contributed by atoms with E-state index in [9.17, 15) is 4.79 Å². The molecule has 0 saturated heterocycles. The molecule has 5 rings (SSSR count). The lowest BCUT2D eigenvalue weighted by Gasteiger charge is -2.06. The molecule has 0 radical (unpaired) electrons. The Balaban J connectivity index is 1.77. The third-order valence-electron chi connectivity index (χ3n) is 5.24. The zero-order chi connectivity index (χ0) is 18.4. The molecule has 1 aliphatic carbocycles. The van der Waals surface area contributed by atoms with Gasteiger partial charge >= 0.3 is 0 Å². The molecule has 0 fully saturated rings. The van der Waals surface area contributed by atoms with Crippen molar-refractivity contribution in [3.05, 3.63) is 92.5 Å². The average molecular weight is 376 g/mol. The first kappa shape index (κ1) is 16.3. The van der Waals surface area contributed by atoms with E-state index in [0.29, 0.717) is 11.4 Å². The highest BCUT2D eigenvalue weighted by Crippen LogP contribution is 2.31. The van der Waals surface area contributed by atoms with Gasteiger partial charge in [-0.05, 0) is 42.5 Å². The van der Waals surface area contributed by atoms with Crippen LogP contribution in [0.25, 0.3) is 16.8 Å². The zero-order valence-electron chi connectivity index (χ0n) is 14.7. The second-order valence-corrected chi connectivity index (χ2v) is 7.43. The van der Waals surface area contributed by atoms with Crippen molar-refractivity contribution >= 4 is 17.2 Å². The monoisotopic (exact) mass is 375 g/mol. The van der Waals surface area contributed by atoms with Crippen molar-refractivity contribution in [1.82, 2.24) is 14.6 Å². The first-order chi connectivity index (χ1) is 13.2. The Morgan fingerprint density at radius 2 is 1.81 bits per heavy atom. The number of fused-ring (bicyclic) bond motifs is 2. The van der Waals surface area contributed by atoms with Crippen LogP contribution in [0.15, 0.2) is 59.4 Å². The third kappa shape index (κ3) is 2.77. The molecule has 0 bridgehead atoms. The molecular formula is C22H18ClN3O. The molecule has 0 saturated carbocycles. The quantitative estimate of drug-likeness (QED) is 0.576. The van der Waals surface area contributed by atoms with E-state index >= 15 is 0 Å². The van der Waals surface area contributed by atoms with Gasteiger partial charge in [0.1, 0.15) is 5.65 Å². The van der Waals surface area contributed by atoms with Crippen LogP contribution in [-0.4, -0.2) is 14.6 Å². The van der Waals surface area contributed by atoms with Crippen LogP contribution in [0.3, 0.4) is 0 Å². The van der Waals surface area contributed by atoms with E-state index in [1.165, 1.54) is 0 Å². The summed E-state index contributed by atoms with van der Waals surface area (Å²) in [6, 6.07) is 17.9. The lowest BCUT2D eigenvalue weighted by Crippen LogP contribution is -2.20. The summed E-state index contributed by atoms with van der Waals surface area (Å²) in [6.45, 7) is 0. The molecule has 134 valence electrons. The van der Waals surface area contributed by atoms with Gasteiger partial charge in [0.2, 0.25) is 0 Å². The summed E-state index contributed by atoms with van der Waals surface area (Å²) < 4.78 is 1.55. The third-order valence-corrected chi connectivity index (χ3v) is 5.49. The largest absolute Gasteiger partial charge is 0.343 e. The zero-order valence-corrected chi connectivity index (χ0v) is 15.5. The van der Waals surface area contributed by atoms with Crippen molar-refractivity contribution in [1.29, 1.82) is 0 Å². The predicted molar refractivity (Wildman–Crippen MR) is 108 cm³/mol. The number of nitrogens with zero attached hydrogens (tertiary/aromatic N) is 2. The number of aryl methyl sites for hydroxylation is 1. The number of halogens is 1. The van der Waals surface area contributed by atoms with E-state index in [0.717, 1.165) is 58.6 Å². The summed E-state index contributed by atoms with van der Waals surface area (Å²) in [5.41, 5.74) is 6.74. The molecular weight excluding hydrogens is 358 g/mol. The van der Waals surface area contributed by atoms with Crippen LogP contribution in [0, 0.1) is 0 Å². The fraction of sp³-hybridized carbons (Fsp3) is 0.182. The van der Waals surface area contributed by atoms with E-state index in [4.69, 9.17) is 16.7 Å². The maximum atomic E-state index is 13.0.